The van der Waals surface area contributed by atoms with Crippen LogP contribution in [-0.2, 0) is 13.1 Å². The average molecular weight is 765 g/mol. The topological polar surface area (TPSA) is 9.86 Å². The van der Waals surface area contributed by atoms with E-state index in [1.807, 2.05) is 0 Å². The second-order valence-corrected chi connectivity index (χ2v) is 16.5. The van der Waals surface area contributed by atoms with Gasteiger partial charge < -0.3 is 9.13 Å². The SMILES string of the molecule is CCn1c2ccccc2c2cc(-c3cccc4c(-c5cc6cccc7ccc8cccc5c8c76)c5cccc(-c6ccc7c(c6)c6ccccc6n7CC)c5cc34)ccc21. The van der Waals surface area contributed by atoms with Crippen molar-refractivity contribution in [2.24, 2.45) is 0 Å². The van der Waals surface area contributed by atoms with E-state index in [4.69, 9.17) is 0 Å². The number of fused-ring (bicyclic) bond motifs is 8. The van der Waals surface area contributed by atoms with Crippen molar-refractivity contribution < 1.29 is 0 Å². The summed E-state index contributed by atoms with van der Waals surface area (Å²) in [6, 6.07) is 69.0. The van der Waals surface area contributed by atoms with Gasteiger partial charge in [0, 0.05) is 56.7 Å². The molecule has 13 rings (SSSR count). The van der Waals surface area contributed by atoms with Crippen molar-refractivity contribution >= 4 is 97.5 Å². The molecule has 0 atom stereocenters. The van der Waals surface area contributed by atoms with Crippen molar-refractivity contribution in [2.45, 2.75) is 26.9 Å². The number of hydrogen-bond acceptors (Lipinski definition) is 0. The number of hydrogen-bond donors (Lipinski definition) is 0. The summed E-state index contributed by atoms with van der Waals surface area (Å²) in [5.74, 6) is 0. The fraction of sp³-hybridized carbons (Fsp3) is 0.0690. The van der Waals surface area contributed by atoms with Gasteiger partial charge in [-0.05, 0) is 150 Å². The Bertz CT molecular complexity index is 3730. The summed E-state index contributed by atoms with van der Waals surface area (Å²) in [6.45, 7) is 6.35. The van der Waals surface area contributed by atoms with Gasteiger partial charge in [-0.25, -0.2) is 0 Å². The fourth-order valence-corrected chi connectivity index (χ4v) is 11.1. The van der Waals surface area contributed by atoms with E-state index in [0.717, 1.165) is 13.1 Å². The molecule has 0 spiro atoms. The first kappa shape index (κ1) is 33.5. The first-order chi connectivity index (χ1) is 29.7. The van der Waals surface area contributed by atoms with Crippen LogP contribution >= 0.6 is 0 Å². The largest absolute Gasteiger partial charge is 0.341 e. The Balaban J connectivity index is 1.16. The maximum Gasteiger partial charge on any atom is 0.0491 e. The van der Waals surface area contributed by atoms with Gasteiger partial charge in [-0.2, -0.15) is 0 Å². The quantitative estimate of drug-likeness (QED) is 0.122. The lowest BCUT2D eigenvalue weighted by molar-refractivity contribution is 0.827. The number of para-hydroxylation sites is 2. The monoisotopic (exact) mass is 764 g/mol. The van der Waals surface area contributed by atoms with Crippen LogP contribution in [0.5, 0.6) is 0 Å². The molecule has 11 aromatic carbocycles. The van der Waals surface area contributed by atoms with Crippen molar-refractivity contribution in [3.8, 4) is 33.4 Å². The van der Waals surface area contributed by atoms with Gasteiger partial charge in [-0.1, -0.05) is 133 Å². The Morgan fingerprint density at radius 2 is 0.767 bits per heavy atom. The second kappa shape index (κ2) is 12.5. The molecule has 13 aromatic rings. The van der Waals surface area contributed by atoms with Crippen LogP contribution in [0.15, 0.2) is 182 Å². The van der Waals surface area contributed by atoms with E-state index in [-0.39, 0.29) is 0 Å². The summed E-state index contributed by atoms with van der Waals surface area (Å²) in [6.07, 6.45) is 0. The number of benzene rings is 11. The molecular weight excluding hydrogens is 725 g/mol. The van der Waals surface area contributed by atoms with Gasteiger partial charge in [-0.15, -0.1) is 0 Å². The third-order valence-electron chi connectivity index (χ3n) is 13.6. The van der Waals surface area contributed by atoms with E-state index in [9.17, 15) is 0 Å². The number of aromatic nitrogens is 2. The molecule has 2 heterocycles. The molecule has 0 amide bonds. The Labute approximate surface area is 347 Å². The third kappa shape index (κ3) is 4.53. The molecule has 2 aromatic heterocycles. The Morgan fingerprint density at radius 1 is 0.300 bits per heavy atom. The molecule has 0 saturated carbocycles. The maximum atomic E-state index is 2.50. The van der Waals surface area contributed by atoms with Crippen LogP contribution in [0.3, 0.4) is 0 Å². The minimum Gasteiger partial charge on any atom is -0.341 e. The van der Waals surface area contributed by atoms with Crippen molar-refractivity contribution in [1.29, 1.82) is 0 Å². The lowest BCUT2D eigenvalue weighted by Crippen LogP contribution is -1.94. The molecule has 0 aliphatic carbocycles. The predicted octanol–water partition coefficient (Wildman–Crippen LogP) is 16.1. The van der Waals surface area contributed by atoms with Crippen LogP contribution in [0.1, 0.15) is 13.8 Å². The highest BCUT2D eigenvalue weighted by molar-refractivity contribution is 6.30. The lowest BCUT2D eigenvalue weighted by Gasteiger charge is -2.20. The van der Waals surface area contributed by atoms with E-state index >= 15 is 0 Å². The highest BCUT2D eigenvalue weighted by atomic mass is 15.0. The summed E-state index contributed by atoms with van der Waals surface area (Å²) in [5.41, 5.74) is 12.7. The smallest absolute Gasteiger partial charge is 0.0491 e. The second-order valence-electron chi connectivity index (χ2n) is 16.5. The minimum absolute atomic E-state index is 0.930. The van der Waals surface area contributed by atoms with E-state index in [2.05, 4.69) is 205 Å². The molecule has 0 saturated heterocycles. The highest BCUT2D eigenvalue weighted by Gasteiger charge is 2.21. The van der Waals surface area contributed by atoms with Gasteiger partial charge in [0.05, 0.1) is 0 Å². The number of aryl methyl sites for hydroxylation is 2. The van der Waals surface area contributed by atoms with Gasteiger partial charge in [-0.3, -0.25) is 0 Å². The van der Waals surface area contributed by atoms with Crippen molar-refractivity contribution in [3.05, 3.63) is 182 Å². The van der Waals surface area contributed by atoms with Crippen LogP contribution < -0.4 is 0 Å². The van der Waals surface area contributed by atoms with Crippen LogP contribution in [0, 0.1) is 0 Å². The van der Waals surface area contributed by atoms with Crippen LogP contribution in [0.25, 0.3) is 131 Å². The zero-order valence-electron chi connectivity index (χ0n) is 33.6. The molecule has 60 heavy (non-hydrogen) atoms. The number of nitrogens with zero attached hydrogens (tertiary/aromatic N) is 2. The van der Waals surface area contributed by atoms with E-state index < -0.39 is 0 Å². The molecule has 0 unspecified atom stereocenters. The lowest BCUT2D eigenvalue weighted by atomic mass is 9.83. The van der Waals surface area contributed by atoms with Gasteiger partial charge in [0.2, 0.25) is 0 Å². The predicted molar refractivity (Wildman–Crippen MR) is 259 cm³/mol. The summed E-state index contributed by atoms with van der Waals surface area (Å²) in [7, 11) is 0. The molecule has 0 radical (unpaired) electrons. The van der Waals surface area contributed by atoms with Crippen molar-refractivity contribution in [2.75, 3.05) is 0 Å². The zero-order chi connectivity index (χ0) is 39.6. The highest BCUT2D eigenvalue weighted by Crippen LogP contribution is 2.48. The third-order valence-corrected chi connectivity index (χ3v) is 13.6. The van der Waals surface area contributed by atoms with Crippen molar-refractivity contribution in [3.63, 3.8) is 0 Å². The number of rotatable bonds is 5. The Hall–Kier alpha value is -7.42. The first-order valence-electron chi connectivity index (χ1n) is 21.4. The van der Waals surface area contributed by atoms with Crippen LogP contribution in [0.4, 0.5) is 0 Å². The summed E-state index contributed by atoms with van der Waals surface area (Å²) < 4.78 is 4.89. The molecule has 0 N–H and O–H groups in total. The molecule has 0 aliphatic heterocycles. The summed E-state index contributed by atoms with van der Waals surface area (Å²) >= 11 is 0. The maximum absolute atomic E-state index is 2.50. The fourth-order valence-electron chi connectivity index (χ4n) is 11.1. The average Bonchev–Trinajstić information content (AvgIpc) is 3.80. The van der Waals surface area contributed by atoms with Crippen molar-refractivity contribution in [1.82, 2.24) is 9.13 Å². The molecule has 0 bridgehead atoms. The molecule has 282 valence electrons. The molecular formula is C58H40N2. The Morgan fingerprint density at radius 3 is 1.35 bits per heavy atom. The standard InChI is InChI=1S/C58H40N2/c1-3-59-52-23-7-5-16-42(52)49-31-37(27-29-54(49)59)40-18-11-21-44-47(40)34-48-41(38-28-30-55-50(32-38)43-17-6-8-24-53(43)60(55)4-2)19-12-22-45(48)58(44)51-33-39-15-9-13-35-25-26-36-14-10-20-46(51)57(36)56(35)39/h5-34H,3-4H2,1-2H3. The van der Waals surface area contributed by atoms with E-state index in [0.29, 0.717) is 0 Å². The molecule has 0 aliphatic rings. The Kier molecular flexibility index (Phi) is 7.01. The van der Waals surface area contributed by atoms with Gasteiger partial charge in [0.15, 0.2) is 0 Å². The van der Waals surface area contributed by atoms with Crippen LogP contribution in [-0.4, -0.2) is 9.13 Å². The zero-order valence-corrected chi connectivity index (χ0v) is 33.6. The minimum atomic E-state index is 0.930. The summed E-state index contributed by atoms with van der Waals surface area (Å²) in [4.78, 5) is 0. The molecule has 2 nitrogen and oxygen atoms in total. The van der Waals surface area contributed by atoms with E-state index in [1.54, 1.807) is 0 Å². The normalized spacial score (nSPS) is 12.3. The van der Waals surface area contributed by atoms with Gasteiger partial charge in [0.1, 0.15) is 0 Å². The molecule has 2 heteroatoms. The van der Waals surface area contributed by atoms with Gasteiger partial charge in [0.25, 0.3) is 0 Å². The molecule has 0 fully saturated rings. The van der Waals surface area contributed by atoms with Crippen LogP contribution in [0.2, 0.25) is 0 Å². The van der Waals surface area contributed by atoms with Gasteiger partial charge >= 0.3 is 0 Å². The summed E-state index contributed by atoms with van der Waals surface area (Å²) in [5, 5.41) is 18.1. The van der Waals surface area contributed by atoms with E-state index in [1.165, 1.54) is 131 Å². The first-order valence-corrected chi connectivity index (χ1v) is 21.4.